The van der Waals surface area contributed by atoms with Crippen LogP contribution in [0.5, 0.6) is 0 Å². The largest absolute Gasteiger partial charge is 0.349 e. The number of carbonyl (C=O) groups is 1. The minimum absolute atomic E-state index is 0.0717. The lowest BCUT2D eigenvalue weighted by atomic mass is 9.58. The molecule has 1 saturated carbocycles. The van der Waals surface area contributed by atoms with E-state index in [-0.39, 0.29) is 11.2 Å². The number of rotatable bonds is 0. The Bertz CT molecular complexity index is 637. The predicted molar refractivity (Wildman–Crippen MR) is 91.4 cm³/mol. The fraction of sp³-hybridized carbons (Fsp3) is 0.762. The van der Waals surface area contributed by atoms with Crippen molar-refractivity contribution >= 4 is 5.78 Å². The third kappa shape index (κ3) is 2.07. The van der Waals surface area contributed by atoms with Crippen molar-refractivity contribution in [1.82, 2.24) is 0 Å². The van der Waals surface area contributed by atoms with Gasteiger partial charge in [-0.1, -0.05) is 18.6 Å². The molecule has 2 fully saturated rings. The Balaban J connectivity index is 1.46. The van der Waals surface area contributed by atoms with Crippen molar-refractivity contribution in [2.24, 2.45) is 17.3 Å². The van der Waals surface area contributed by atoms with E-state index < -0.39 is 0 Å². The molecule has 1 unspecified atom stereocenters. The number of fused-ring (bicyclic) bond motifs is 4. The number of ether oxygens (including phenoxy) is 2. The van der Waals surface area contributed by atoms with Crippen LogP contribution in [0.25, 0.3) is 0 Å². The molecule has 0 radical (unpaired) electrons. The Kier molecular flexibility index (Phi) is 3.37. The van der Waals surface area contributed by atoms with Gasteiger partial charge in [-0.15, -0.1) is 0 Å². The third-order valence-electron chi connectivity index (χ3n) is 7.56. The van der Waals surface area contributed by atoms with Crippen LogP contribution in [0.3, 0.4) is 0 Å². The highest BCUT2D eigenvalue weighted by Crippen LogP contribution is 2.58. The van der Waals surface area contributed by atoms with Gasteiger partial charge in [0.25, 0.3) is 0 Å². The molecule has 3 atom stereocenters. The maximum absolute atomic E-state index is 12.4. The molecule has 3 nitrogen and oxygen atoms in total. The molecule has 5 rings (SSSR count). The van der Waals surface area contributed by atoms with Gasteiger partial charge in [0.05, 0.1) is 13.2 Å². The fourth-order valence-electron chi connectivity index (χ4n) is 6.19. The number of hydrogen-bond acceptors (Lipinski definition) is 3. The first kappa shape index (κ1) is 15.3. The summed E-state index contributed by atoms with van der Waals surface area (Å²) in [6.45, 7) is 3.91. The monoisotopic (exact) mass is 328 g/mol. The molecule has 5 aliphatic rings. The minimum atomic E-state index is -0.322. The summed E-state index contributed by atoms with van der Waals surface area (Å²) < 4.78 is 12.1. The zero-order valence-electron chi connectivity index (χ0n) is 14.7. The van der Waals surface area contributed by atoms with Crippen molar-refractivity contribution in [3.63, 3.8) is 0 Å². The smallest absolute Gasteiger partial charge is 0.172 e. The molecule has 0 bridgehead atoms. The van der Waals surface area contributed by atoms with Crippen molar-refractivity contribution in [1.29, 1.82) is 0 Å². The van der Waals surface area contributed by atoms with Gasteiger partial charge in [-0.25, -0.2) is 0 Å². The van der Waals surface area contributed by atoms with Gasteiger partial charge in [-0.3, -0.25) is 4.79 Å². The first-order chi connectivity index (χ1) is 11.6. The van der Waals surface area contributed by atoms with Crippen LogP contribution in [0.2, 0.25) is 0 Å². The zero-order valence-corrected chi connectivity index (χ0v) is 14.7. The summed E-state index contributed by atoms with van der Waals surface area (Å²) in [5, 5.41) is 0. The van der Waals surface area contributed by atoms with E-state index in [0.29, 0.717) is 17.6 Å². The van der Waals surface area contributed by atoms with E-state index in [4.69, 9.17) is 9.47 Å². The van der Waals surface area contributed by atoms with Gasteiger partial charge in [0.1, 0.15) is 5.78 Å². The maximum atomic E-state index is 12.4. The molecule has 4 aliphatic carbocycles. The van der Waals surface area contributed by atoms with Crippen molar-refractivity contribution in [2.75, 3.05) is 13.2 Å². The second-order valence-electron chi connectivity index (χ2n) is 8.71. The van der Waals surface area contributed by atoms with E-state index in [2.05, 4.69) is 13.0 Å². The van der Waals surface area contributed by atoms with E-state index in [9.17, 15) is 4.79 Å². The predicted octanol–water partition coefficient (Wildman–Crippen LogP) is 4.33. The van der Waals surface area contributed by atoms with Crippen molar-refractivity contribution in [2.45, 2.75) is 70.5 Å². The van der Waals surface area contributed by atoms with Gasteiger partial charge >= 0.3 is 0 Å². The molecule has 1 saturated heterocycles. The summed E-state index contributed by atoms with van der Waals surface area (Å²) in [6.07, 6.45) is 11.8. The minimum Gasteiger partial charge on any atom is -0.349 e. The molecule has 1 heterocycles. The van der Waals surface area contributed by atoms with Crippen LogP contribution in [0, 0.1) is 17.3 Å². The summed E-state index contributed by atoms with van der Waals surface area (Å²) in [5.41, 5.74) is 4.71. The topological polar surface area (TPSA) is 35.5 Å². The van der Waals surface area contributed by atoms with Gasteiger partial charge in [0.15, 0.2) is 5.79 Å². The highest BCUT2D eigenvalue weighted by atomic mass is 16.7. The van der Waals surface area contributed by atoms with Gasteiger partial charge in [-0.05, 0) is 61.5 Å². The van der Waals surface area contributed by atoms with Crippen molar-refractivity contribution in [3.05, 3.63) is 22.8 Å². The van der Waals surface area contributed by atoms with Crippen LogP contribution in [0.1, 0.15) is 64.7 Å². The van der Waals surface area contributed by atoms with Crippen LogP contribution >= 0.6 is 0 Å². The number of allylic oxidation sites excluding steroid dienone is 3. The molecular weight excluding hydrogens is 300 g/mol. The standard InChI is InChI=1S/C21H28O3/c1-20-9-7-16-15-8-10-21(23-11-2-12-24-21)13-14(15)3-4-17(16)18(20)5-6-19(20)22/h7,17-18H,2-6,8-13H2,1H3/t17-,18+,20?/m1/s1. The summed E-state index contributed by atoms with van der Waals surface area (Å²) in [4.78, 5) is 12.4. The van der Waals surface area contributed by atoms with Crippen LogP contribution in [0.15, 0.2) is 22.8 Å². The molecule has 0 N–H and O–H groups in total. The van der Waals surface area contributed by atoms with E-state index >= 15 is 0 Å². The molecular formula is C21H28O3. The highest BCUT2D eigenvalue weighted by molar-refractivity contribution is 5.87. The Labute approximate surface area is 144 Å². The van der Waals surface area contributed by atoms with Gasteiger partial charge < -0.3 is 9.47 Å². The highest BCUT2D eigenvalue weighted by Gasteiger charge is 2.53. The normalized spacial score (nSPS) is 40.9. The van der Waals surface area contributed by atoms with E-state index in [1.807, 2.05) is 0 Å². The van der Waals surface area contributed by atoms with E-state index in [0.717, 1.165) is 58.2 Å². The average molecular weight is 328 g/mol. The molecule has 3 heteroatoms. The quantitative estimate of drug-likeness (QED) is 0.664. The summed E-state index contributed by atoms with van der Waals surface area (Å²) in [6, 6.07) is 0. The molecule has 0 amide bonds. The van der Waals surface area contributed by atoms with Gasteiger partial charge in [-0.2, -0.15) is 0 Å². The van der Waals surface area contributed by atoms with Crippen LogP contribution in [-0.4, -0.2) is 24.8 Å². The summed E-state index contributed by atoms with van der Waals surface area (Å²) in [7, 11) is 0. The first-order valence-corrected chi connectivity index (χ1v) is 9.84. The first-order valence-electron chi connectivity index (χ1n) is 9.84. The lowest BCUT2D eigenvalue weighted by molar-refractivity contribution is -0.271. The molecule has 1 spiro atoms. The lowest BCUT2D eigenvalue weighted by Crippen LogP contribution is -2.45. The zero-order chi connectivity index (χ0) is 16.4. The van der Waals surface area contributed by atoms with Crippen LogP contribution < -0.4 is 0 Å². The van der Waals surface area contributed by atoms with Gasteiger partial charge in [0, 0.05) is 24.7 Å². The Morgan fingerprint density at radius 2 is 1.96 bits per heavy atom. The third-order valence-corrected chi connectivity index (χ3v) is 7.56. The Morgan fingerprint density at radius 1 is 1.12 bits per heavy atom. The molecule has 1 aliphatic heterocycles. The Hall–Kier alpha value is -0.930. The van der Waals surface area contributed by atoms with Crippen LogP contribution in [-0.2, 0) is 14.3 Å². The van der Waals surface area contributed by atoms with Crippen molar-refractivity contribution in [3.8, 4) is 0 Å². The van der Waals surface area contributed by atoms with E-state index in [1.165, 1.54) is 12.8 Å². The molecule has 130 valence electrons. The molecule has 24 heavy (non-hydrogen) atoms. The summed E-state index contributed by atoms with van der Waals surface area (Å²) in [5.74, 6) is 1.39. The molecule has 0 aromatic heterocycles. The lowest BCUT2D eigenvalue weighted by Gasteiger charge is -2.48. The number of carbonyl (C=O) groups excluding carboxylic acids is 1. The number of hydrogen-bond donors (Lipinski definition) is 0. The molecule has 0 aromatic rings. The second kappa shape index (κ2) is 5.28. The van der Waals surface area contributed by atoms with Gasteiger partial charge in [0.2, 0.25) is 0 Å². The number of ketones is 1. The maximum Gasteiger partial charge on any atom is 0.172 e. The van der Waals surface area contributed by atoms with E-state index in [1.54, 1.807) is 16.7 Å². The molecule has 0 aromatic carbocycles. The Morgan fingerprint density at radius 3 is 2.79 bits per heavy atom. The van der Waals surface area contributed by atoms with Crippen LogP contribution in [0.4, 0.5) is 0 Å². The number of Topliss-reactive ketones (excluding diaryl/α,β-unsaturated/α-hetero) is 1. The summed E-state index contributed by atoms with van der Waals surface area (Å²) >= 11 is 0. The fourth-order valence-corrected chi connectivity index (χ4v) is 6.19. The SMILES string of the molecule is CC12CC=C3C4=C(CC[C@H]3[C@@H]1CCC2=O)CC1(CC4)OCCCO1. The second-order valence-corrected chi connectivity index (χ2v) is 8.71. The average Bonchev–Trinajstić information content (AvgIpc) is 2.90. The van der Waals surface area contributed by atoms with Crippen molar-refractivity contribution < 1.29 is 14.3 Å².